The first-order chi connectivity index (χ1) is 8.59. The second kappa shape index (κ2) is 5.14. The van der Waals surface area contributed by atoms with E-state index in [-0.39, 0.29) is 5.69 Å². The van der Waals surface area contributed by atoms with Gasteiger partial charge in [0.05, 0.1) is 10.3 Å². The number of aromatic nitrogens is 1. The van der Waals surface area contributed by atoms with Crippen molar-refractivity contribution in [3.8, 4) is 0 Å². The van der Waals surface area contributed by atoms with Gasteiger partial charge in [-0.15, -0.1) is 0 Å². The highest BCUT2D eigenvalue weighted by Gasteiger charge is 2.13. The molecule has 0 saturated carbocycles. The first-order valence-corrected chi connectivity index (χ1v) is 5.97. The summed E-state index contributed by atoms with van der Waals surface area (Å²) in [6, 6.07) is 4.92. The number of nitro benzene ring substituents is 1. The number of nitrogens with one attached hydrogen (secondary N) is 1. The van der Waals surface area contributed by atoms with E-state index in [4.69, 9.17) is 0 Å². The van der Waals surface area contributed by atoms with Gasteiger partial charge in [0, 0.05) is 40.6 Å². The molecular weight excluding hydrogens is 298 g/mol. The van der Waals surface area contributed by atoms with E-state index in [0.29, 0.717) is 11.9 Å². The fraction of sp³-hybridized carbons (Fsp3) is 0.0833. The minimum atomic E-state index is -0.406. The van der Waals surface area contributed by atoms with Gasteiger partial charge in [-0.25, -0.2) is 0 Å². The van der Waals surface area contributed by atoms with Gasteiger partial charge in [0.15, 0.2) is 0 Å². The molecule has 2 rings (SSSR count). The number of non-ortho nitro benzene ring substituents is 1. The number of anilines is 1. The summed E-state index contributed by atoms with van der Waals surface area (Å²) in [4.78, 5) is 14.5. The van der Waals surface area contributed by atoms with Crippen molar-refractivity contribution in [1.82, 2.24) is 4.98 Å². The maximum atomic E-state index is 10.9. The smallest absolute Gasteiger partial charge is 0.278 e. The molecule has 6 heteroatoms. The van der Waals surface area contributed by atoms with Gasteiger partial charge >= 0.3 is 0 Å². The lowest BCUT2D eigenvalue weighted by atomic mass is 10.1. The number of hydrogen-bond donors (Lipinski definition) is 1. The van der Waals surface area contributed by atoms with Crippen molar-refractivity contribution in [2.45, 2.75) is 0 Å². The van der Waals surface area contributed by atoms with E-state index in [2.05, 4.69) is 32.8 Å². The summed E-state index contributed by atoms with van der Waals surface area (Å²) in [7, 11) is 0. The van der Waals surface area contributed by atoms with E-state index >= 15 is 0 Å². The fourth-order valence-electron chi connectivity index (χ4n) is 1.68. The molecule has 0 fully saturated rings. The minimum absolute atomic E-state index is 0.0568. The number of rotatable bonds is 4. The van der Waals surface area contributed by atoms with Gasteiger partial charge in [-0.2, -0.15) is 0 Å². The molecule has 1 heterocycles. The molecule has 0 bridgehead atoms. The van der Waals surface area contributed by atoms with Crippen LogP contribution in [0.5, 0.6) is 0 Å². The first kappa shape index (κ1) is 12.5. The van der Waals surface area contributed by atoms with E-state index in [0.717, 1.165) is 15.6 Å². The molecule has 0 spiro atoms. The van der Waals surface area contributed by atoms with Gasteiger partial charge < -0.3 is 5.32 Å². The van der Waals surface area contributed by atoms with Crippen LogP contribution in [0.4, 0.5) is 11.4 Å². The summed E-state index contributed by atoms with van der Waals surface area (Å²) in [6.45, 7) is 4.28. The zero-order chi connectivity index (χ0) is 13.1. The maximum absolute atomic E-state index is 10.9. The van der Waals surface area contributed by atoms with Crippen molar-refractivity contribution in [1.29, 1.82) is 0 Å². The quantitative estimate of drug-likeness (QED) is 0.693. The summed E-state index contributed by atoms with van der Waals surface area (Å²) in [6.07, 6.45) is 3.11. The molecule has 18 heavy (non-hydrogen) atoms. The van der Waals surface area contributed by atoms with Crippen LogP contribution in [0.2, 0.25) is 0 Å². The highest BCUT2D eigenvalue weighted by molar-refractivity contribution is 9.11. The number of fused-ring (bicyclic) bond motifs is 1. The van der Waals surface area contributed by atoms with Gasteiger partial charge in [-0.05, 0) is 12.1 Å². The third-order valence-electron chi connectivity index (χ3n) is 2.46. The number of hydrogen-bond acceptors (Lipinski definition) is 4. The molecule has 1 aromatic heterocycles. The van der Waals surface area contributed by atoms with Crippen molar-refractivity contribution in [2.75, 3.05) is 11.9 Å². The molecule has 92 valence electrons. The highest BCUT2D eigenvalue weighted by atomic mass is 79.9. The maximum Gasteiger partial charge on any atom is 0.278 e. The Morgan fingerprint density at radius 2 is 2.22 bits per heavy atom. The number of nitro groups is 1. The zero-order valence-electron chi connectivity index (χ0n) is 9.39. The molecule has 0 aliphatic heterocycles. The lowest BCUT2D eigenvalue weighted by molar-refractivity contribution is -0.383. The number of halogens is 1. The fourth-order valence-corrected chi connectivity index (χ4v) is 1.82. The molecule has 0 saturated heterocycles. The van der Waals surface area contributed by atoms with Crippen molar-refractivity contribution in [3.05, 3.63) is 51.8 Å². The lowest BCUT2D eigenvalue weighted by Crippen LogP contribution is -2.02. The summed E-state index contributed by atoms with van der Waals surface area (Å²) < 4.78 is 0.808. The van der Waals surface area contributed by atoms with Gasteiger partial charge in [0.1, 0.15) is 0 Å². The topological polar surface area (TPSA) is 68.1 Å². The molecule has 0 aliphatic rings. The van der Waals surface area contributed by atoms with Crippen LogP contribution in [0.3, 0.4) is 0 Å². The van der Waals surface area contributed by atoms with E-state index in [9.17, 15) is 10.1 Å². The van der Waals surface area contributed by atoms with Crippen LogP contribution in [0.15, 0.2) is 41.7 Å². The number of pyridine rings is 1. The standard InChI is InChI=1S/C12H10BrN3O2/c1-8(13)6-15-11-2-3-12(16(17)18)10-7-14-5-4-9(10)11/h2-5,7,15H,1,6H2. The summed E-state index contributed by atoms with van der Waals surface area (Å²) in [5.41, 5.74) is 0.875. The summed E-state index contributed by atoms with van der Waals surface area (Å²) in [5.74, 6) is 0. The Labute approximate surface area is 112 Å². The van der Waals surface area contributed by atoms with Gasteiger partial charge in [0.2, 0.25) is 0 Å². The third kappa shape index (κ3) is 2.48. The van der Waals surface area contributed by atoms with Crippen LogP contribution in [0.25, 0.3) is 10.8 Å². The van der Waals surface area contributed by atoms with Crippen LogP contribution >= 0.6 is 15.9 Å². The van der Waals surface area contributed by atoms with Crippen molar-refractivity contribution in [3.63, 3.8) is 0 Å². The van der Waals surface area contributed by atoms with Crippen LogP contribution < -0.4 is 5.32 Å². The van der Waals surface area contributed by atoms with Gasteiger partial charge in [-0.1, -0.05) is 22.5 Å². The van der Waals surface area contributed by atoms with E-state index in [1.54, 1.807) is 18.3 Å². The molecule has 1 aromatic carbocycles. The number of nitrogens with zero attached hydrogens (tertiary/aromatic N) is 2. The van der Waals surface area contributed by atoms with Crippen LogP contribution in [-0.4, -0.2) is 16.5 Å². The third-order valence-corrected chi connectivity index (χ3v) is 2.74. The normalized spacial score (nSPS) is 10.3. The molecule has 0 radical (unpaired) electrons. The zero-order valence-corrected chi connectivity index (χ0v) is 11.0. The number of benzene rings is 1. The Hall–Kier alpha value is -1.95. The Morgan fingerprint density at radius 3 is 2.89 bits per heavy atom. The second-order valence-electron chi connectivity index (χ2n) is 3.68. The van der Waals surface area contributed by atoms with E-state index < -0.39 is 4.92 Å². The molecule has 2 aromatic rings. The van der Waals surface area contributed by atoms with Crippen molar-refractivity contribution in [2.24, 2.45) is 0 Å². The Morgan fingerprint density at radius 1 is 1.44 bits per heavy atom. The van der Waals surface area contributed by atoms with Crippen molar-refractivity contribution < 1.29 is 4.92 Å². The van der Waals surface area contributed by atoms with Crippen LogP contribution in [0, 0.1) is 10.1 Å². The average Bonchev–Trinajstić information content (AvgIpc) is 2.35. The molecule has 0 atom stereocenters. The predicted molar refractivity (Wildman–Crippen MR) is 75.0 cm³/mol. The summed E-state index contributed by atoms with van der Waals surface area (Å²) >= 11 is 3.26. The molecule has 5 nitrogen and oxygen atoms in total. The molecule has 1 N–H and O–H groups in total. The Kier molecular flexibility index (Phi) is 3.57. The van der Waals surface area contributed by atoms with Crippen LogP contribution in [0.1, 0.15) is 0 Å². The summed E-state index contributed by atoms with van der Waals surface area (Å²) in [5, 5.41) is 15.4. The highest BCUT2D eigenvalue weighted by Crippen LogP contribution is 2.30. The SMILES string of the molecule is C=C(Br)CNc1ccc([N+](=O)[O-])c2cnccc12. The second-order valence-corrected chi connectivity index (χ2v) is 4.80. The van der Waals surface area contributed by atoms with E-state index in [1.165, 1.54) is 12.3 Å². The van der Waals surface area contributed by atoms with Crippen molar-refractivity contribution >= 4 is 38.1 Å². The Bertz CT molecular complexity index is 628. The predicted octanol–water partition coefficient (Wildman–Crippen LogP) is 3.46. The average molecular weight is 308 g/mol. The monoisotopic (exact) mass is 307 g/mol. The van der Waals surface area contributed by atoms with Gasteiger partial charge in [-0.3, -0.25) is 15.1 Å². The molecule has 0 amide bonds. The molecular formula is C12H10BrN3O2. The minimum Gasteiger partial charge on any atom is -0.380 e. The Balaban J connectivity index is 2.53. The molecule has 0 aliphatic carbocycles. The van der Waals surface area contributed by atoms with Crippen LogP contribution in [-0.2, 0) is 0 Å². The first-order valence-electron chi connectivity index (χ1n) is 5.18. The van der Waals surface area contributed by atoms with E-state index in [1.807, 2.05) is 0 Å². The molecule has 0 unspecified atom stereocenters. The van der Waals surface area contributed by atoms with Gasteiger partial charge in [0.25, 0.3) is 5.69 Å². The lowest BCUT2D eigenvalue weighted by Gasteiger charge is -2.09. The largest absolute Gasteiger partial charge is 0.380 e.